The zero-order valence-corrected chi connectivity index (χ0v) is 15.3. The molecule has 0 aliphatic carbocycles. The van der Waals surface area contributed by atoms with Gasteiger partial charge in [-0.3, -0.25) is 4.79 Å². The van der Waals surface area contributed by atoms with Gasteiger partial charge in [-0.15, -0.1) is 0 Å². The quantitative estimate of drug-likeness (QED) is 0.837. The molecule has 1 aliphatic rings. The molecule has 0 saturated heterocycles. The number of likely N-dealkylation sites (N-methyl/N-ethyl adjacent to an activating group) is 1. The third-order valence-corrected chi connectivity index (χ3v) is 4.75. The molecule has 3 atom stereocenters. The first kappa shape index (κ1) is 18.5. The van der Waals surface area contributed by atoms with Crippen LogP contribution in [-0.4, -0.2) is 38.3 Å². The van der Waals surface area contributed by atoms with Crippen molar-refractivity contribution in [2.24, 2.45) is 0 Å². The second-order valence-corrected chi connectivity index (χ2v) is 6.79. The molecule has 0 fully saturated rings. The molecule has 0 spiro atoms. The maximum absolute atomic E-state index is 13.1. The number of amides is 1. The predicted molar refractivity (Wildman–Crippen MR) is 97.6 cm³/mol. The molecule has 2 aromatic carbocycles. The molecule has 2 N–H and O–H groups in total. The van der Waals surface area contributed by atoms with E-state index in [0.29, 0.717) is 24.6 Å². The molecule has 0 bridgehead atoms. The van der Waals surface area contributed by atoms with E-state index in [4.69, 9.17) is 21.1 Å². The minimum Gasteiger partial charge on any atom is -0.486 e. The summed E-state index contributed by atoms with van der Waals surface area (Å²) >= 11 is 5.96. The third-order valence-electron chi connectivity index (χ3n) is 4.44. The number of hydrogen-bond donors (Lipinski definition) is 2. The van der Waals surface area contributed by atoms with Crippen LogP contribution in [0.2, 0.25) is 5.02 Å². The normalized spacial score (nSPS) is 18.1. The monoisotopic (exact) mass is 379 g/mol. The Morgan fingerprint density at radius 1 is 1.35 bits per heavy atom. The van der Waals surface area contributed by atoms with Gasteiger partial charge >= 0.3 is 0 Å². The summed E-state index contributed by atoms with van der Waals surface area (Å²) in [5, 5.41) is 2.91. The van der Waals surface area contributed by atoms with E-state index in [1.165, 1.54) is 18.2 Å². The molecule has 1 heterocycles. The smallest absolute Gasteiger partial charge is 0.282 e. The second-order valence-electron chi connectivity index (χ2n) is 6.38. The standard InChI is InChI=1S/C19H20ClFN2O3/c1-12(19(24)22-16-8-7-13(21)9-15(16)20)23(2)10-14-11-25-17-5-3-4-6-18(17)26-14/h3-9,12,14H,10-11H2,1-2H3,(H,22,24)/p+1/t12-,14-/m1/s1. The Balaban J connectivity index is 1.57. The van der Waals surface area contributed by atoms with Crippen LogP contribution in [-0.2, 0) is 4.79 Å². The summed E-state index contributed by atoms with van der Waals surface area (Å²) in [5.41, 5.74) is 0.392. The molecule has 1 aliphatic heterocycles. The summed E-state index contributed by atoms with van der Waals surface area (Å²) in [6, 6.07) is 11.0. The number of quaternary nitrogens is 1. The van der Waals surface area contributed by atoms with Gasteiger partial charge in [-0.25, -0.2) is 4.39 Å². The molecule has 5 nitrogen and oxygen atoms in total. The topological polar surface area (TPSA) is 52.0 Å². The highest BCUT2D eigenvalue weighted by Gasteiger charge is 2.29. The van der Waals surface area contributed by atoms with Crippen molar-refractivity contribution in [2.75, 3.05) is 25.5 Å². The lowest BCUT2D eigenvalue weighted by Crippen LogP contribution is -3.15. The van der Waals surface area contributed by atoms with Gasteiger partial charge in [0.15, 0.2) is 23.6 Å². The van der Waals surface area contributed by atoms with Crippen molar-refractivity contribution in [1.29, 1.82) is 0 Å². The first-order chi connectivity index (χ1) is 12.4. The van der Waals surface area contributed by atoms with Crippen LogP contribution in [0.25, 0.3) is 0 Å². The fourth-order valence-corrected chi connectivity index (χ4v) is 2.97. The molecule has 3 rings (SSSR count). The molecular formula is C19H21ClFN2O3+. The fourth-order valence-electron chi connectivity index (χ4n) is 2.76. The van der Waals surface area contributed by atoms with Crippen molar-refractivity contribution in [2.45, 2.75) is 19.1 Å². The van der Waals surface area contributed by atoms with Crippen LogP contribution in [0.4, 0.5) is 10.1 Å². The van der Waals surface area contributed by atoms with Crippen molar-refractivity contribution >= 4 is 23.2 Å². The van der Waals surface area contributed by atoms with Gasteiger partial charge in [0.2, 0.25) is 0 Å². The van der Waals surface area contributed by atoms with E-state index in [2.05, 4.69) is 5.32 Å². The van der Waals surface area contributed by atoms with E-state index < -0.39 is 5.82 Å². The molecule has 0 radical (unpaired) electrons. The Hall–Kier alpha value is -2.31. The molecule has 0 saturated carbocycles. The predicted octanol–water partition coefficient (Wildman–Crippen LogP) is 2.16. The van der Waals surface area contributed by atoms with E-state index in [1.807, 2.05) is 38.2 Å². The number of hydrogen-bond acceptors (Lipinski definition) is 3. The summed E-state index contributed by atoms with van der Waals surface area (Å²) in [6.45, 7) is 2.85. The lowest BCUT2D eigenvalue weighted by Gasteiger charge is -2.29. The lowest BCUT2D eigenvalue weighted by molar-refractivity contribution is -0.896. The minimum atomic E-state index is -0.446. The van der Waals surface area contributed by atoms with Gasteiger partial charge in [0.1, 0.15) is 19.0 Å². The van der Waals surface area contributed by atoms with Gasteiger partial charge in [-0.05, 0) is 37.3 Å². The fraction of sp³-hybridized carbons (Fsp3) is 0.316. The van der Waals surface area contributed by atoms with Crippen molar-refractivity contribution in [3.63, 3.8) is 0 Å². The number of nitrogens with one attached hydrogen (secondary N) is 2. The van der Waals surface area contributed by atoms with Gasteiger partial charge < -0.3 is 19.7 Å². The second kappa shape index (κ2) is 7.93. The number of halogens is 2. The number of anilines is 1. The Morgan fingerprint density at radius 3 is 2.81 bits per heavy atom. The molecular weight excluding hydrogens is 359 g/mol. The number of carbonyl (C=O) groups is 1. The van der Waals surface area contributed by atoms with Gasteiger partial charge in [0.05, 0.1) is 17.8 Å². The lowest BCUT2D eigenvalue weighted by atomic mass is 10.2. The van der Waals surface area contributed by atoms with E-state index in [0.717, 1.165) is 10.6 Å². The summed E-state index contributed by atoms with van der Waals surface area (Å²) in [4.78, 5) is 13.4. The van der Waals surface area contributed by atoms with Crippen LogP contribution in [0.5, 0.6) is 11.5 Å². The Morgan fingerprint density at radius 2 is 2.08 bits per heavy atom. The Kier molecular flexibility index (Phi) is 5.64. The van der Waals surface area contributed by atoms with Gasteiger partial charge in [0.25, 0.3) is 5.91 Å². The number of carbonyl (C=O) groups excluding carboxylic acids is 1. The van der Waals surface area contributed by atoms with Crippen LogP contribution >= 0.6 is 11.6 Å². The maximum atomic E-state index is 13.1. The van der Waals surface area contributed by atoms with Crippen molar-refractivity contribution in [1.82, 2.24) is 0 Å². The minimum absolute atomic E-state index is 0.144. The van der Waals surface area contributed by atoms with Crippen LogP contribution in [0.3, 0.4) is 0 Å². The van der Waals surface area contributed by atoms with E-state index in [9.17, 15) is 9.18 Å². The van der Waals surface area contributed by atoms with Crippen LogP contribution in [0, 0.1) is 5.82 Å². The summed E-state index contributed by atoms with van der Waals surface area (Å²) in [7, 11) is 1.92. The molecule has 138 valence electrons. The zero-order chi connectivity index (χ0) is 18.7. The van der Waals surface area contributed by atoms with Crippen LogP contribution in [0.1, 0.15) is 6.92 Å². The highest BCUT2D eigenvalue weighted by molar-refractivity contribution is 6.33. The van der Waals surface area contributed by atoms with Gasteiger partial charge in [-0.1, -0.05) is 23.7 Å². The van der Waals surface area contributed by atoms with Crippen molar-refractivity contribution in [3.05, 3.63) is 53.3 Å². The maximum Gasteiger partial charge on any atom is 0.282 e. The zero-order valence-electron chi connectivity index (χ0n) is 14.6. The van der Waals surface area contributed by atoms with E-state index >= 15 is 0 Å². The van der Waals surface area contributed by atoms with Gasteiger partial charge in [-0.2, -0.15) is 0 Å². The van der Waals surface area contributed by atoms with E-state index in [1.54, 1.807) is 0 Å². The average molecular weight is 380 g/mol. The summed E-state index contributed by atoms with van der Waals surface area (Å²) in [5.74, 6) is 0.802. The van der Waals surface area contributed by atoms with Crippen molar-refractivity contribution in [3.8, 4) is 11.5 Å². The summed E-state index contributed by atoms with van der Waals surface area (Å²) in [6.07, 6.45) is -0.144. The number of benzene rings is 2. The first-order valence-corrected chi connectivity index (χ1v) is 8.78. The highest BCUT2D eigenvalue weighted by Crippen LogP contribution is 2.30. The number of para-hydroxylation sites is 2. The number of fused-ring (bicyclic) bond motifs is 1. The molecule has 0 aromatic heterocycles. The third kappa shape index (κ3) is 4.26. The number of ether oxygens (including phenoxy) is 2. The number of rotatable bonds is 5. The van der Waals surface area contributed by atoms with Crippen LogP contribution in [0.15, 0.2) is 42.5 Å². The SMILES string of the molecule is C[C@H](C(=O)Nc1ccc(F)cc1Cl)[NH+](C)C[C@@H]1COc2ccccc2O1. The van der Waals surface area contributed by atoms with E-state index in [-0.39, 0.29) is 23.1 Å². The van der Waals surface area contributed by atoms with Crippen molar-refractivity contribution < 1.29 is 23.6 Å². The molecule has 2 aromatic rings. The van der Waals surface area contributed by atoms with Crippen LogP contribution < -0.4 is 19.7 Å². The molecule has 1 amide bonds. The Labute approximate surface area is 156 Å². The van der Waals surface area contributed by atoms with Gasteiger partial charge in [0, 0.05) is 0 Å². The highest BCUT2D eigenvalue weighted by atomic mass is 35.5. The summed E-state index contributed by atoms with van der Waals surface area (Å²) < 4.78 is 24.8. The molecule has 7 heteroatoms. The first-order valence-electron chi connectivity index (χ1n) is 8.40. The molecule has 26 heavy (non-hydrogen) atoms. The Bertz CT molecular complexity index is 802. The molecule has 1 unspecified atom stereocenters. The average Bonchev–Trinajstić information content (AvgIpc) is 2.63. The largest absolute Gasteiger partial charge is 0.486 e.